The Morgan fingerprint density at radius 2 is 1.80 bits per heavy atom. The fourth-order valence-corrected chi connectivity index (χ4v) is 2.47. The number of benzene rings is 1. The van der Waals surface area contributed by atoms with Gasteiger partial charge in [0.2, 0.25) is 5.95 Å². The Hall–Kier alpha value is -1.10. The maximum atomic E-state index is 6.13. The molecule has 1 N–H and O–H groups in total. The Bertz CT molecular complexity index is 622. The number of hydrogen-bond acceptors (Lipinski definition) is 3. The molecule has 7 heteroatoms. The predicted octanol–water partition coefficient (Wildman–Crippen LogP) is 4.06. The molecular formula is C13H15Cl3N4. The van der Waals surface area contributed by atoms with Gasteiger partial charge in [0.25, 0.3) is 0 Å². The molecular weight excluding hydrogens is 319 g/mol. The van der Waals surface area contributed by atoms with Gasteiger partial charge < -0.3 is 14.8 Å². The Morgan fingerprint density at radius 1 is 1.15 bits per heavy atom. The fourth-order valence-electron chi connectivity index (χ4n) is 1.86. The highest BCUT2D eigenvalue weighted by Gasteiger charge is 2.10. The van der Waals surface area contributed by atoms with Gasteiger partial charge in [-0.05, 0) is 12.1 Å². The summed E-state index contributed by atoms with van der Waals surface area (Å²) < 4.78 is 2.01. The zero-order valence-corrected chi connectivity index (χ0v) is 13.7. The van der Waals surface area contributed by atoms with E-state index in [-0.39, 0.29) is 0 Å². The van der Waals surface area contributed by atoms with Gasteiger partial charge in [0.05, 0.1) is 39.2 Å². The molecule has 0 aliphatic rings. The summed E-state index contributed by atoms with van der Waals surface area (Å²) in [6.07, 6.45) is 1.83. The maximum Gasteiger partial charge on any atom is 0.204 e. The minimum Gasteiger partial charge on any atom is -0.378 e. The molecule has 0 fully saturated rings. The number of nitrogens with one attached hydrogen (secondary N) is 1. The maximum absolute atomic E-state index is 6.13. The van der Waals surface area contributed by atoms with E-state index in [0.29, 0.717) is 21.6 Å². The molecule has 0 spiro atoms. The van der Waals surface area contributed by atoms with Crippen LogP contribution in [0.5, 0.6) is 0 Å². The summed E-state index contributed by atoms with van der Waals surface area (Å²) in [4.78, 5) is 6.30. The van der Waals surface area contributed by atoms with Gasteiger partial charge in [-0.2, -0.15) is 0 Å². The fraction of sp³-hybridized carbons (Fsp3) is 0.308. The van der Waals surface area contributed by atoms with Crippen molar-refractivity contribution in [1.82, 2.24) is 9.55 Å². The predicted molar refractivity (Wildman–Crippen MR) is 86.3 cm³/mol. The van der Waals surface area contributed by atoms with Crippen molar-refractivity contribution in [3.8, 4) is 0 Å². The molecule has 0 saturated heterocycles. The largest absolute Gasteiger partial charge is 0.378 e. The molecule has 20 heavy (non-hydrogen) atoms. The van der Waals surface area contributed by atoms with Crippen LogP contribution in [0, 0.1) is 0 Å². The van der Waals surface area contributed by atoms with E-state index in [9.17, 15) is 0 Å². The second-order valence-corrected chi connectivity index (χ2v) is 5.82. The molecule has 2 aromatic rings. The SMILES string of the molecule is CN(C)c1ncc(CNc2cc(Cl)c(Cl)cc2Cl)n1C. The number of anilines is 2. The van der Waals surface area contributed by atoms with E-state index >= 15 is 0 Å². The molecule has 0 amide bonds. The van der Waals surface area contributed by atoms with Crippen LogP contribution in [-0.2, 0) is 13.6 Å². The van der Waals surface area contributed by atoms with Gasteiger partial charge in [-0.25, -0.2) is 4.98 Å². The molecule has 1 aromatic heterocycles. The first-order chi connectivity index (χ1) is 9.40. The van der Waals surface area contributed by atoms with Crippen molar-refractivity contribution in [2.75, 3.05) is 24.3 Å². The van der Waals surface area contributed by atoms with Crippen LogP contribution in [0.2, 0.25) is 15.1 Å². The minimum atomic E-state index is 0.442. The highest BCUT2D eigenvalue weighted by molar-refractivity contribution is 6.44. The number of rotatable bonds is 4. The summed E-state index contributed by atoms with van der Waals surface area (Å²) in [6.45, 7) is 0.592. The van der Waals surface area contributed by atoms with Crippen molar-refractivity contribution in [1.29, 1.82) is 0 Å². The average molecular weight is 334 g/mol. The summed E-state index contributed by atoms with van der Waals surface area (Å²) in [6, 6.07) is 3.34. The summed E-state index contributed by atoms with van der Waals surface area (Å²) in [5.41, 5.74) is 1.78. The van der Waals surface area contributed by atoms with E-state index in [4.69, 9.17) is 34.8 Å². The summed E-state index contributed by atoms with van der Waals surface area (Å²) >= 11 is 18.0. The Labute approximate surface area is 133 Å². The third kappa shape index (κ3) is 3.14. The minimum absolute atomic E-state index is 0.442. The van der Waals surface area contributed by atoms with Crippen LogP contribution in [0.25, 0.3) is 0 Å². The van der Waals surface area contributed by atoms with Crippen LogP contribution in [0.3, 0.4) is 0 Å². The van der Waals surface area contributed by atoms with E-state index in [1.54, 1.807) is 12.1 Å². The first-order valence-corrected chi connectivity index (χ1v) is 7.10. The molecule has 4 nitrogen and oxygen atoms in total. The van der Waals surface area contributed by atoms with Gasteiger partial charge in [0.1, 0.15) is 0 Å². The standard InChI is InChI=1S/C13H15Cl3N4/c1-19(2)13-18-7-8(20(13)3)6-17-12-5-10(15)9(14)4-11(12)16/h4-5,7,17H,6H2,1-3H3. The topological polar surface area (TPSA) is 33.1 Å². The van der Waals surface area contributed by atoms with Gasteiger partial charge in [-0.15, -0.1) is 0 Å². The molecule has 2 rings (SSSR count). The van der Waals surface area contributed by atoms with Crippen LogP contribution in [0.1, 0.15) is 5.69 Å². The molecule has 0 aliphatic carbocycles. The van der Waals surface area contributed by atoms with Crippen molar-refractivity contribution in [2.24, 2.45) is 7.05 Å². The molecule has 0 bridgehead atoms. The quantitative estimate of drug-likeness (QED) is 0.857. The average Bonchev–Trinajstić information content (AvgIpc) is 2.74. The number of aromatic nitrogens is 2. The van der Waals surface area contributed by atoms with Crippen molar-refractivity contribution in [2.45, 2.75) is 6.54 Å². The lowest BCUT2D eigenvalue weighted by Gasteiger charge is -2.14. The van der Waals surface area contributed by atoms with Gasteiger partial charge in [0, 0.05) is 21.1 Å². The van der Waals surface area contributed by atoms with Crippen LogP contribution in [0.4, 0.5) is 11.6 Å². The Kier molecular flexibility index (Phi) is 4.68. The van der Waals surface area contributed by atoms with Crippen LogP contribution in [-0.4, -0.2) is 23.6 Å². The lowest BCUT2D eigenvalue weighted by molar-refractivity contribution is 0.814. The second kappa shape index (κ2) is 6.12. The molecule has 1 heterocycles. The second-order valence-electron chi connectivity index (χ2n) is 4.60. The lowest BCUT2D eigenvalue weighted by Crippen LogP contribution is -2.15. The van der Waals surface area contributed by atoms with Crippen molar-refractivity contribution >= 4 is 46.4 Å². The molecule has 108 valence electrons. The van der Waals surface area contributed by atoms with Crippen LogP contribution < -0.4 is 10.2 Å². The van der Waals surface area contributed by atoms with Crippen molar-refractivity contribution < 1.29 is 0 Å². The first kappa shape index (κ1) is 15.3. The van der Waals surface area contributed by atoms with E-state index < -0.39 is 0 Å². The molecule has 0 radical (unpaired) electrons. The van der Waals surface area contributed by atoms with E-state index in [0.717, 1.165) is 17.3 Å². The highest BCUT2D eigenvalue weighted by atomic mass is 35.5. The van der Waals surface area contributed by atoms with Gasteiger partial charge in [-0.3, -0.25) is 0 Å². The lowest BCUT2D eigenvalue weighted by atomic mass is 10.3. The zero-order chi connectivity index (χ0) is 14.9. The van der Waals surface area contributed by atoms with Gasteiger partial charge >= 0.3 is 0 Å². The third-order valence-electron chi connectivity index (χ3n) is 2.93. The Morgan fingerprint density at radius 3 is 2.40 bits per heavy atom. The van der Waals surface area contributed by atoms with Crippen molar-refractivity contribution in [3.05, 3.63) is 39.1 Å². The first-order valence-electron chi connectivity index (χ1n) is 5.96. The smallest absolute Gasteiger partial charge is 0.204 e. The molecule has 1 aromatic carbocycles. The molecule has 0 atom stereocenters. The number of nitrogens with zero attached hydrogens (tertiary/aromatic N) is 3. The summed E-state index contributed by atoms with van der Waals surface area (Å²) in [7, 11) is 5.88. The van der Waals surface area contributed by atoms with E-state index in [1.165, 1.54) is 0 Å². The number of halogens is 3. The van der Waals surface area contributed by atoms with Gasteiger partial charge in [-0.1, -0.05) is 34.8 Å². The van der Waals surface area contributed by atoms with E-state index in [1.807, 2.05) is 36.8 Å². The Balaban J connectivity index is 2.15. The molecule has 0 unspecified atom stereocenters. The van der Waals surface area contributed by atoms with Gasteiger partial charge in [0.15, 0.2) is 0 Å². The van der Waals surface area contributed by atoms with Crippen LogP contribution >= 0.6 is 34.8 Å². The normalized spacial score (nSPS) is 10.7. The summed E-state index contributed by atoms with van der Waals surface area (Å²) in [5.74, 6) is 0.891. The monoisotopic (exact) mass is 332 g/mol. The summed E-state index contributed by atoms with van der Waals surface area (Å²) in [5, 5.41) is 4.68. The van der Waals surface area contributed by atoms with Crippen LogP contribution in [0.15, 0.2) is 18.3 Å². The highest BCUT2D eigenvalue weighted by Crippen LogP contribution is 2.32. The zero-order valence-electron chi connectivity index (χ0n) is 11.4. The molecule has 0 saturated carbocycles. The third-order valence-corrected chi connectivity index (χ3v) is 3.96. The number of hydrogen-bond donors (Lipinski definition) is 1. The van der Waals surface area contributed by atoms with E-state index in [2.05, 4.69) is 10.3 Å². The molecule has 0 aliphatic heterocycles. The number of imidazole rings is 1. The van der Waals surface area contributed by atoms with Crippen molar-refractivity contribution in [3.63, 3.8) is 0 Å².